The van der Waals surface area contributed by atoms with Gasteiger partial charge in [-0.15, -0.1) is 0 Å². The van der Waals surface area contributed by atoms with Crippen LogP contribution >= 0.6 is 0 Å². The summed E-state index contributed by atoms with van der Waals surface area (Å²) in [5.41, 5.74) is 8.54. The van der Waals surface area contributed by atoms with Crippen molar-refractivity contribution in [2.75, 3.05) is 26.2 Å². The quantitative estimate of drug-likeness (QED) is 0.906. The summed E-state index contributed by atoms with van der Waals surface area (Å²) < 4.78 is 10.7. The van der Waals surface area contributed by atoms with E-state index in [-0.39, 0.29) is 6.04 Å². The maximum absolute atomic E-state index is 6.20. The van der Waals surface area contributed by atoms with Crippen LogP contribution in [0.25, 0.3) is 0 Å². The highest BCUT2D eigenvalue weighted by Gasteiger charge is 2.28. The molecule has 0 aromatic heterocycles. The minimum absolute atomic E-state index is 0.262. The van der Waals surface area contributed by atoms with E-state index in [0.717, 1.165) is 24.3 Å². The number of nitrogens with zero attached hydrogens (tertiary/aromatic N) is 1. The van der Waals surface area contributed by atoms with Gasteiger partial charge in [0.1, 0.15) is 0 Å². The molecular formula is C15H24N2O2. The highest BCUT2D eigenvalue weighted by Crippen LogP contribution is 2.36. The van der Waals surface area contributed by atoms with Gasteiger partial charge in [0, 0.05) is 30.9 Å². The van der Waals surface area contributed by atoms with Crippen molar-refractivity contribution in [2.24, 2.45) is 5.73 Å². The second kappa shape index (κ2) is 5.70. The van der Waals surface area contributed by atoms with Crippen molar-refractivity contribution in [3.05, 3.63) is 17.7 Å². The molecule has 0 bridgehead atoms. The first kappa shape index (κ1) is 14.0. The van der Waals surface area contributed by atoms with Crippen LogP contribution < -0.4 is 20.1 Å². The van der Waals surface area contributed by atoms with E-state index in [2.05, 4.69) is 18.9 Å². The van der Waals surface area contributed by atoms with Crippen molar-refractivity contribution in [1.29, 1.82) is 0 Å². The Bertz CT molecular complexity index is 448. The van der Waals surface area contributed by atoms with Crippen LogP contribution in [0, 0.1) is 6.92 Å². The van der Waals surface area contributed by atoms with Crippen molar-refractivity contribution in [1.82, 2.24) is 0 Å². The molecule has 1 saturated carbocycles. The van der Waals surface area contributed by atoms with Gasteiger partial charge in [-0.05, 0) is 37.8 Å². The molecule has 1 aromatic rings. The smallest absolute Gasteiger partial charge is 0.162 e. The largest absolute Gasteiger partial charge is 0.493 e. The Morgan fingerprint density at radius 1 is 1.16 bits per heavy atom. The highest BCUT2D eigenvalue weighted by atomic mass is 16.5. The SMILES string of the molecule is COc1cc(C)c(N(C)C2CCCC2N)cc1OC. The van der Waals surface area contributed by atoms with Gasteiger partial charge in [-0.1, -0.05) is 0 Å². The number of nitrogens with two attached hydrogens (primary N) is 1. The number of ether oxygens (including phenoxy) is 2. The molecular weight excluding hydrogens is 240 g/mol. The van der Waals surface area contributed by atoms with Crippen LogP contribution in [0.15, 0.2) is 12.1 Å². The molecule has 106 valence electrons. The number of hydrogen-bond acceptors (Lipinski definition) is 4. The van der Waals surface area contributed by atoms with Gasteiger partial charge in [0.15, 0.2) is 11.5 Å². The summed E-state index contributed by atoms with van der Waals surface area (Å²) >= 11 is 0. The van der Waals surface area contributed by atoms with E-state index < -0.39 is 0 Å². The molecule has 0 amide bonds. The van der Waals surface area contributed by atoms with Gasteiger partial charge in [0.25, 0.3) is 0 Å². The molecule has 2 rings (SSSR count). The lowest BCUT2D eigenvalue weighted by Gasteiger charge is -2.31. The number of benzene rings is 1. The molecule has 4 heteroatoms. The topological polar surface area (TPSA) is 47.7 Å². The monoisotopic (exact) mass is 264 g/mol. The molecule has 2 atom stereocenters. The van der Waals surface area contributed by atoms with E-state index in [1.807, 2.05) is 12.1 Å². The molecule has 2 unspecified atom stereocenters. The van der Waals surface area contributed by atoms with E-state index in [1.54, 1.807) is 14.2 Å². The van der Waals surface area contributed by atoms with E-state index >= 15 is 0 Å². The third-order valence-electron chi connectivity index (χ3n) is 4.11. The van der Waals surface area contributed by atoms with Crippen LogP contribution in [0.4, 0.5) is 5.69 Å². The average molecular weight is 264 g/mol. The molecule has 1 aliphatic rings. The molecule has 1 fully saturated rings. The molecule has 1 aliphatic carbocycles. The zero-order valence-electron chi connectivity index (χ0n) is 12.3. The van der Waals surface area contributed by atoms with Crippen LogP contribution in [0.2, 0.25) is 0 Å². The van der Waals surface area contributed by atoms with Gasteiger partial charge in [-0.2, -0.15) is 0 Å². The summed E-state index contributed by atoms with van der Waals surface area (Å²) in [7, 11) is 5.44. The van der Waals surface area contributed by atoms with Gasteiger partial charge in [0.05, 0.1) is 14.2 Å². The summed E-state index contributed by atoms with van der Waals surface area (Å²) in [6.07, 6.45) is 3.48. The van der Waals surface area contributed by atoms with Crippen molar-refractivity contribution in [3.63, 3.8) is 0 Å². The molecule has 19 heavy (non-hydrogen) atoms. The van der Waals surface area contributed by atoms with Crippen LogP contribution in [0.3, 0.4) is 0 Å². The third kappa shape index (κ3) is 2.63. The number of hydrogen-bond donors (Lipinski definition) is 1. The van der Waals surface area contributed by atoms with Crippen LogP contribution in [-0.2, 0) is 0 Å². The fraction of sp³-hybridized carbons (Fsp3) is 0.600. The van der Waals surface area contributed by atoms with Crippen LogP contribution in [-0.4, -0.2) is 33.4 Å². The second-order valence-electron chi connectivity index (χ2n) is 5.27. The van der Waals surface area contributed by atoms with Crippen molar-refractivity contribution < 1.29 is 9.47 Å². The minimum Gasteiger partial charge on any atom is -0.493 e. The number of anilines is 1. The molecule has 1 aromatic carbocycles. The lowest BCUT2D eigenvalue weighted by Crippen LogP contribution is -2.42. The third-order valence-corrected chi connectivity index (χ3v) is 4.11. The molecule has 0 radical (unpaired) electrons. The predicted molar refractivity (Wildman–Crippen MR) is 78.3 cm³/mol. The molecule has 0 saturated heterocycles. The lowest BCUT2D eigenvalue weighted by molar-refractivity contribution is 0.354. The maximum atomic E-state index is 6.20. The van der Waals surface area contributed by atoms with E-state index in [0.29, 0.717) is 6.04 Å². The van der Waals surface area contributed by atoms with Gasteiger partial charge in [-0.3, -0.25) is 0 Å². The van der Waals surface area contributed by atoms with Crippen molar-refractivity contribution in [3.8, 4) is 11.5 Å². The van der Waals surface area contributed by atoms with Gasteiger partial charge in [0.2, 0.25) is 0 Å². The fourth-order valence-electron chi connectivity index (χ4n) is 2.98. The van der Waals surface area contributed by atoms with Gasteiger partial charge < -0.3 is 20.1 Å². The normalized spacial score (nSPS) is 22.4. The Hall–Kier alpha value is -1.42. The zero-order valence-corrected chi connectivity index (χ0v) is 12.3. The van der Waals surface area contributed by atoms with Crippen molar-refractivity contribution >= 4 is 5.69 Å². The summed E-state index contributed by atoms with van der Waals surface area (Å²) in [6.45, 7) is 2.09. The van der Waals surface area contributed by atoms with Crippen LogP contribution in [0.5, 0.6) is 11.5 Å². The van der Waals surface area contributed by atoms with Gasteiger partial charge in [-0.25, -0.2) is 0 Å². The fourth-order valence-corrected chi connectivity index (χ4v) is 2.98. The van der Waals surface area contributed by atoms with E-state index in [9.17, 15) is 0 Å². The summed E-state index contributed by atoms with van der Waals surface area (Å²) in [6, 6.07) is 4.74. The van der Waals surface area contributed by atoms with E-state index in [4.69, 9.17) is 15.2 Å². The summed E-state index contributed by atoms with van der Waals surface area (Å²) in [5.74, 6) is 1.54. The Morgan fingerprint density at radius 3 is 2.32 bits per heavy atom. The highest BCUT2D eigenvalue weighted by molar-refractivity contribution is 5.62. The standard InChI is InChI=1S/C15H24N2O2/c1-10-8-14(18-3)15(19-4)9-13(10)17(2)12-7-5-6-11(12)16/h8-9,11-12H,5-7,16H2,1-4H3. The summed E-state index contributed by atoms with van der Waals surface area (Å²) in [4.78, 5) is 2.29. The zero-order chi connectivity index (χ0) is 14.0. The Kier molecular flexibility index (Phi) is 4.20. The number of likely N-dealkylation sites (N-methyl/N-ethyl adjacent to an activating group) is 1. The Labute approximate surface area is 115 Å². The maximum Gasteiger partial charge on any atom is 0.162 e. The summed E-state index contributed by atoms with van der Waals surface area (Å²) in [5, 5.41) is 0. The average Bonchev–Trinajstić information content (AvgIpc) is 2.83. The first-order valence-electron chi connectivity index (χ1n) is 6.79. The van der Waals surface area contributed by atoms with Crippen molar-refractivity contribution in [2.45, 2.75) is 38.3 Å². The van der Waals surface area contributed by atoms with Gasteiger partial charge >= 0.3 is 0 Å². The molecule has 0 spiro atoms. The lowest BCUT2D eigenvalue weighted by atomic mass is 10.1. The number of rotatable bonds is 4. The first-order chi connectivity index (χ1) is 9.08. The molecule has 0 aliphatic heterocycles. The Morgan fingerprint density at radius 2 is 1.79 bits per heavy atom. The number of aryl methyl sites for hydroxylation is 1. The molecule has 4 nitrogen and oxygen atoms in total. The van der Waals surface area contributed by atoms with E-state index in [1.165, 1.54) is 17.7 Å². The first-order valence-corrected chi connectivity index (χ1v) is 6.79. The molecule has 2 N–H and O–H groups in total. The Balaban J connectivity index is 2.33. The second-order valence-corrected chi connectivity index (χ2v) is 5.27. The molecule has 0 heterocycles. The number of methoxy groups -OCH3 is 2. The van der Waals surface area contributed by atoms with Crippen LogP contribution in [0.1, 0.15) is 24.8 Å². The minimum atomic E-state index is 0.262. The predicted octanol–water partition coefficient (Wildman–Crippen LogP) is 2.33.